The van der Waals surface area contributed by atoms with E-state index in [-0.39, 0.29) is 5.54 Å². The Labute approximate surface area is 213 Å². The molecule has 2 aromatic carbocycles. The van der Waals surface area contributed by atoms with Crippen LogP contribution < -0.4 is 10.5 Å². The van der Waals surface area contributed by atoms with Gasteiger partial charge in [0, 0.05) is 34.4 Å². The summed E-state index contributed by atoms with van der Waals surface area (Å²) in [6.07, 6.45) is 6.17. The third-order valence-corrected chi connectivity index (χ3v) is 7.47. The van der Waals surface area contributed by atoms with E-state index in [9.17, 15) is 5.21 Å². The highest BCUT2D eigenvalue weighted by Crippen LogP contribution is 2.40. The average molecular weight is 485 g/mol. The van der Waals surface area contributed by atoms with Crippen molar-refractivity contribution in [1.82, 2.24) is 19.6 Å². The molecule has 1 saturated carbocycles. The molecule has 7 rings (SSSR count). The zero-order valence-electron chi connectivity index (χ0n) is 20.1. The van der Waals surface area contributed by atoms with Gasteiger partial charge in [0.15, 0.2) is 23.9 Å². The Hall–Kier alpha value is -4.62. The Bertz CT molecular complexity index is 1750. The highest BCUT2D eigenvalue weighted by Gasteiger charge is 2.34. The molecule has 2 N–H and O–H groups in total. The molecule has 0 amide bonds. The summed E-state index contributed by atoms with van der Waals surface area (Å²) in [5.41, 5.74) is 14.8. The second-order valence-electron chi connectivity index (χ2n) is 9.74. The van der Waals surface area contributed by atoms with E-state index in [0.29, 0.717) is 11.5 Å². The van der Waals surface area contributed by atoms with Crippen LogP contribution in [-0.2, 0) is 5.54 Å². The first-order valence-corrected chi connectivity index (χ1v) is 12.4. The summed E-state index contributed by atoms with van der Waals surface area (Å²) in [6, 6.07) is 28.4. The summed E-state index contributed by atoms with van der Waals surface area (Å²) in [7, 11) is 0. The van der Waals surface area contributed by atoms with Gasteiger partial charge in [-0.3, -0.25) is 4.40 Å². The number of pyridine rings is 3. The largest absolute Gasteiger partial charge is 0.619 e. The van der Waals surface area contributed by atoms with Gasteiger partial charge in [-0.1, -0.05) is 54.6 Å². The van der Waals surface area contributed by atoms with Crippen LogP contribution >= 0.6 is 0 Å². The number of rotatable bonds is 4. The lowest BCUT2D eigenvalue weighted by Crippen LogP contribution is -2.43. The van der Waals surface area contributed by atoms with Crippen molar-refractivity contribution < 1.29 is 4.73 Å². The third-order valence-electron chi connectivity index (χ3n) is 7.47. The summed E-state index contributed by atoms with van der Waals surface area (Å²) in [6.45, 7) is 0. The molecule has 0 unspecified atom stereocenters. The summed E-state index contributed by atoms with van der Waals surface area (Å²) >= 11 is 0. The van der Waals surface area contributed by atoms with Gasteiger partial charge in [-0.25, -0.2) is 4.98 Å². The first-order chi connectivity index (χ1) is 18.1. The van der Waals surface area contributed by atoms with Crippen molar-refractivity contribution >= 4 is 16.7 Å². The normalized spacial score (nSPS) is 14.6. The molecule has 0 aliphatic heterocycles. The van der Waals surface area contributed by atoms with Gasteiger partial charge in [0.2, 0.25) is 0 Å². The van der Waals surface area contributed by atoms with E-state index in [1.165, 1.54) is 24.4 Å². The molecule has 0 bridgehead atoms. The lowest BCUT2D eigenvalue weighted by Gasteiger charge is -2.38. The second kappa shape index (κ2) is 8.21. The minimum absolute atomic E-state index is 0.198. The summed E-state index contributed by atoms with van der Waals surface area (Å²) in [5, 5.41) is 20.4. The maximum absolute atomic E-state index is 11.6. The predicted molar refractivity (Wildman–Crippen MR) is 143 cm³/mol. The zero-order chi connectivity index (χ0) is 25.0. The van der Waals surface area contributed by atoms with Crippen LogP contribution in [0.1, 0.15) is 24.8 Å². The van der Waals surface area contributed by atoms with E-state index in [2.05, 4.69) is 52.7 Å². The fourth-order valence-corrected chi connectivity index (χ4v) is 5.23. The highest BCUT2D eigenvalue weighted by molar-refractivity contribution is 5.92. The molecule has 4 heterocycles. The number of fused-ring (bicyclic) bond motifs is 3. The van der Waals surface area contributed by atoms with E-state index in [1.54, 1.807) is 12.1 Å². The van der Waals surface area contributed by atoms with Crippen molar-refractivity contribution in [2.24, 2.45) is 5.73 Å². The molecule has 0 radical (unpaired) electrons. The number of nitrogens with two attached hydrogens (primary N) is 1. The summed E-state index contributed by atoms with van der Waals surface area (Å²) < 4.78 is 2.76. The molecule has 1 aliphatic rings. The number of benzene rings is 2. The van der Waals surface area contributed by atoms with Crippen LogP contribution in [0.5, 0.6) is 0 Å². The van der Waals surface area contributed by atoms with Crippen molar-refractivity contribution in [2.75, 3.05) is 0 Å². The van der Waals surface area contributed by atoms with Gasteiger partial charge in [-0.15, -0.1) is 10.2 Å². The summed E-state index contributed by atoms with van der Waals surface area (Å²) in [5.74, 6) is 0.660. The van der Waals surface area contributed by atoms with Crippen LogP contribution in [0.2, 0.25) is 0 Å². The number of hydrogen-bond acceptors (Lipinski definition) is 5. The van der Waals surface area contributed by atoms with Crippen LogP contribution in [0.25, 0.3) is 50.5 Å². The Balaban J connectivity index is 1.46. The van der Waals surface area contributed by atoms with Gasteiger partial charge >= 0.3 is 0 Å². The van der Waals surface area contributed by atoms with E-state index in [4.69, 9.17) is 10.7 Å². The van der Waals surface area contributed by atoms with Crippen molar-refractivity contribution in [3.8, 4) is 33.8 Å². The molecule has 37 heavy (non-hydrogen) atoms. The second-order valence-corrected chi connectivity index (χ2v) is 9.74. The van der Waals surface area contributed by atoms with Gasteiger partial charge < -0.3 is 10.9 Å². The monoisotopic (exact) mass is 484 g/mol. The van der Waals surface area contributed by atoms with Gasteiger partial charge in [0.1, 0.15) is 0 Å². The SMILES string of the molecule is NC1(c2ccc(-c3nc4ccc5nnc(-c6cc[n+]([O-])cc6)n5c4cc3-c3ccccc3)cc2)CCC1. The van der Waals surface area contributed by atoms with Gasteiger partial charge in [-0.05, 0) is 48.6 Å². The molecular weight excluding hydrogens is 460 g/mol. The number of nitrogens with zero attached hydrogens (tertiary/aromatic N) is 5. The standard InChI is InChI=1S/C30H24N6O/c31-30(15-4-16-30)23-9-7-21(8-10-23)28-24(20-5-2-1-3-6-20)19-26-25(32-28)11-12-27-33-34-29(36(26)27)22-13-17-35(37)18-14-22/h1-3,5-14,17-19H,4,15-16,31H2. The van der Waals surface area contributed by atoms with Gasteiger partial charge in [-0.2, -0.15) is 4.73 Å². The minimum atomic E-state index is -0.198. The van der Waals surface area contributed by atoms with E-state index in [1.807, 2.05) is 34.7 Å². The van der Waals surface area contributed by atoms with Crippen LogP contribution in [0, 0.1) is 5.21 Å². The smallest absolute Gasteiger partial charge is 0.181 e. The lowest BCUT2D eigenvalue weighted by molar-refractivity contribution is -0.605. The van der Waals surface area contributed by atoms with E-state index >= 15 is 0 Å². The van der Waals surface area contributed by atoms with Crippen LogP contribution in [0.15, 0.2) is 97.3 Å². The Morgan fingerprint density at radius 2 is 1.57 bits per heavy atom. The molecule has 0 atom stereocenters. The van der Waals surface area contributed by atoms with Gasteiger partial charge in [0.05, 0.1) is 16.7 Å². The molecule has 0 saturated heterocycles. The zero-order valence-corrected chi connectivity index (χ0v) is 20.1. The van der Waals surface area contributed by atoms with Crippen molar-refractivity contribution in [3.63, 3.8) is 0 Å². The first kappa shape index (κ1) is 21.6. The molecule has 6 aromatic rings. The van der Waals surface area contributed by atoms with Gasteiger partial charge in [0.25, 0.3) is 0 Å². The van der Waals surface area contributed by atoms with E-state index < -0.39 is 0 Å². The average Bonchev–Trinajstić information content (AvgIpc) is 3.37. The fourth-order valence-electron chi connectivity index (χ4n) is 5.23. The molecule has 7 heteroatoms. The molecular formula is C30H24N6O. The van der Waals surface area contributed by atoms with Crippen LogP contribution in [-0.4, -0.2) is 19.6 Å². The molecule has 7 nitrogen and oxygen atoms in total. The number of aromatic nitrogens is 5. The Kier molecular flexibility index (Phi) is 4.81. The molecule has 4 aromatic heterocycles. The maximum Gasteiger partial charge on any atom is 0.181 e. The van der Waals surface area contributed by atoms with Crippen LogP contribution in [0.3, 0.4) is 0 Å². The van der Waals surface area contributed by atoms with Crippen molar-refractivity contribution in [3.05, 3.63) is 108 Å². The molecule has 1 aliphatic carbocycles. The highest BCUT2D eigenvalue weighted by atomic mass is 16.5. The summed E-state index contributed by atoms with van der Waals surface area (Å²) in [4.78, 5) is 5.16. The van der Waals surface area contributed by atoms with Crippen molar-refractivity contribution in [1.29, 1.82) is 0 Å². The topological polar surface area (TPSA) is 96.0 Å². The molecule has 180 valence electrons. The van der Waals surface area contributed by atoms with Crippen molar-refractivity contribution in [2.45, 2.75) is 24.8 Å². The Morgan fingerprint density at radius 3 is 2.27 bits per heavy atom. The quantitative estimate of drug-likeness (QED) is 0.272. The fraction of sp³-hybridized carbons (Fsp3) is 0.133. The Morgan fingerprint density at radius 1 is 0.811 bits per heavy atom. The van der Waals surface area contributed by atoms with Crippen LogP contribution in [0.4, 0.5) is 0 Å². The maximum atomic E-state index is 11.6. The lowest BCUT2D eigenvalue weighted by atomic mass is 9.72. The minimum Gasteiger partial charge on any atom is -0.619 e. The first-order valence-electron chi connectivity index (χ1n) is 12.4. The van der Waals surface area contributed by atoms with E-state index in [0.717, 1.165) is 56.6 Å². The molecule has 0 spiro atoms. The number of hydrogen-bond donors (Lipinski definition) is 1. The predicted octanol–water partition coefficient (Wildman–Crippen LogP) is 5.25. The third kappa shape index (κ3) is 3.55. The molecule has 1 fully saturated rings.